The van der Waals surface area contributed by atoms with Crippen molar-refractivity contribution in [2.24, 2.45) is 5.92 Å². The van der Waals surface area contributed by atoms with Crippen LogP contribution in [0.4, 0.5) is 0 Å². The van der Waals surface area contributed by atoms with E-state index in [0.29, 0.717) is 12.6 Å². The van der Waals surface area contributed by atoms with Gasteiger partial charge in [0.1, 0.15) is 0 Å². The molecule has 1 saturated heterocycles. The molecule has 0 aromatic rings. The number of esters is 1. The first kappa shape index (κ1) is 13.8. The van der Waals surface area contributed by atoms with E-state index < -0.39 is 0 Å². The summed E-state index contributed by atoms with van der Waals surface area (Å²) in [6.45, 7) is 7.43. The van der Waals surface area contributed by atoms with Crippen molar-refractivity contribution in [1.29, 1.82) is 0 Å². The predicted octanol–water partition coefficient (Wildman–Crippen LogP) is 1.40. The van der Waals surface area contributed by atoms with Crippen molar-refractivity contribution in [2.45, 2.75) is 51.7 Å². The highest BCUT2D eigenvalue weighted by molar-refractivity contribution is 5.71. The van der Waals surface area contributed by atoms with Gasteiger partial charge in [0.2, 0.25) is 0 Å². The van der Waals surface area contributed by atoms with Gasteiger partial charge in [0.05, 0.1) is 12.6 Å². The zero-order chi connectivity index (χ0) is 13.0. The Labute approximate surface area is 110 Å². The molecule has 4 heteroatoms. The first-order valence-electron chi connectivity index (χ1n) is 7.28. The molecule has 2 aliphatic rings. The SMILES string of the molecule is CC(C)OC(=O)CN(CC1CC1)CC1CCCN1. The number of hydrogen-bond acceptors (Lipinski definition) is 4. The van der Waals surface area contributed by atoms with Crippen molar-refractivity contribution in [1.82, 2.24) is 10.2 Å². The van der Waals surface area contributed by atoms with Crippen LogP contribution in [0.15, 0.2) is 0 Å². The molecule has 2 rings (SSSR count). The highest BCUT2D eigenvalue weighted by Crippen LogP contribution is 2.29. The van der Waals surface area contributed by atoms with Gasteiger partial charge in [-0.1, -0.05) is 0 Å². The number of rotatable bonds is 7. The zero-order valence-corrected chi connectivity index (χ0v) is 11.7. The molecule has 1 aliphatic carbocycles. The molecule has 0 bridgehead atoms. The maximum atomic E-state index is 11.8. The molecular weight excluding hydrogens is 228 g/mol. The summed E-state index contributed by atoms with van der Waals surface area (Å²) in [7, 11) is 0. The lowest BCUT2D eigenvalue weighted by Gasteiger charge is -2.25. The van der Waals surface area contributed by atoms with Gasteiger partial charge in [0.15, 0.2) is 0 Å². The van der Waals surface area contributed by atoms with Crippen LogP contribution in [0.3, 0.4) is 0 Å². The fourth-order valence-corrected chi connectivity index (χ4v) is 2.58. The molecule has 18 heavy (non-hydrogen) atoms. The summed E-state index contributed by atoms with van der Waals surface area (Å²) in [5, 5.41) is 3.50. The van der Waals surface area contributed by atoms with Crippen LogP contribution in [0.5, 0.6) is 0 Å². The van der Waals surface area contributed by atoms with Crippen LogP contribution in [0.1, 0.15) is 39.5 Å². The third kappa shape index (κ3) is 4.94. The van der Waals surface area contributed by atoms with Crippen LogP contribution in [0.25, 0.3) is 0 Å². The maximum Gasteiger partial charge on any atom is 0.320 e. The minimum Gasteiger partial charge on any atom is -0.462 e. The third-order valence-electron chi connectivity index (χ3n) is 3.57. The van der Waals surface area contributed by atoms with Crippen molar-refractivity contribution >= 4 is 5.97 Å². The Bertz CT molecular complexity index is 271. The molecule has 1 unspecified atom stereocenters. The highest BCUT2D eigenvalue weighted by atomic mass is 16.5. The summed E-state index contributed by atoms with van der Waals surface area (Å²) in [5.74, 6) is 0.738. The predicted molar refractivity (Wildman–Crippen MR) is 71.4 cm³/mol. The second kappa shape index (κ2) is 6.53. The first-order valence-corrected chi connectivity index (χ1v) is 7.28. The van der Waals surface area contributed by atoms with Crippen molar-refractivity contribution in [3.05, 3.63) is 0 Å². The molecule has 1 heterocycles. The number of hydrogen-bond donors (Lipinski definition) is 1. The lowest BCUT2D eigenvalue weighted by Crippen LogP contribution is -2.41. The lowest BCUT2D eigenvalue weighted by atomic mass is 10.2. The van der Waals surface area contributed by atoms with Gasteiger partial charge in [-0.25, -0.2) is 0 Å². The molecule has 0 radical (unpaired) electrons. The van der Waals surface area contributed by atoms with E-state index >= 15 is 0 Å². The normalized spacial score (nSPS) is 23.9. The first-order chi connectivity index (χ1) is 8.63. The van der Waals surface area contributed by atoms with E-state index in [1.165, 1.54) is 25.7 Å². The number of nitrogens with zero attached hydrogens (tertiary/aromatic N) is 1. The quantitative estimate of drug-likeness (QED) is 0.697. The van der Waals surface area contributed by atoms with Gasteiger partial charge >= 0.3 is 5.97 Å². The molecule has 0 amide bonds. The van der Waals surface area contributed by atoms with Crippen molar-refractivity contribution in [3.8, 4) is 0 Å². The van der Waals surface area contributed by atoms with Crippen LogP contribution in [-0.2, 0) is 9.53 Å². The van der Waals surface area contributed by atoms with E-state index in [9.17, 15) is 4.79 Å². The summed E-state index contributed by atoms with van der Waals surface area (Å²) < 4.78 is 5.25. The minimum absolute atomic E-state index is 0.00937. The van der Waals surface area contributed by atoms with Crippen LogP contribution < -0.4 is 5.32 Å². The van der Waals surface area contributed by atoms with Gasteiger partial charge in [-0.2, -0.15) is 0 Å². The molecule has 0 aromatic heterocycles. The average Bonchev–Trinajstić information content (AvgIpc) is 2.91. The van der Waals surface area contributed by atoms with Gasteiger partial charge in [-0.05, 0) is 52.0 Å². The number of carbonyl (C=O) groups is 1. The molecule has 104 valence electrons. The topological polar surface area (TPSA) is 41.6 Å². The highest BCUT2D eigenvalue weighted by Gasteiger charge is 2.27. The molecule has 0 aromatic carbocycles. The second-order valence-corrected chi connectivity index (χ2v) is 5.97. The summed E-state index contributed by atoms with van der Waals surface area (Å²) >= 11 is 0. The van der Waals surface area contributed by atoms with Crippen LogP contribution in [0.2, 0.25) is 0 Å². The summed E-state index contributed by atoms with van der Waals surface area (Å²) in [4.78, 5) is 14.0. The van der Waals surface area contributed by atoms with E-state index in [1.807, 2.05) is 13.8 Å². The Morgan fingerprint density at radius 1 is 1.33 bits per heavy atom. The number of nitrogens with one attached hydrogen (secondary N) is 1. The largest absolute Gasteiger partial charge is 0.462 e. The molecule has 0 spiro atoms. The summed E-state index contributed by atoms with van der Waals surface area (Å²) in [5.41, 5.74) is 0. The summed E-state index contributed by atoms with van der Waals surface area (Å²) in [6, 6.07) is 0.565. The van der Waals surface area contributed by atoms with E-state index in [-0.39, 0.29) is 12.1 Å². The molecule has 1 atom stereocenters. The molecule has 1 aliphatic heterocycles. The van der Waals surface area contributed by atoms with Crippen molar-refractivity contribution < 1.29 is 9.53 Å². The Kier molecular flexibility index (Phi) is 5.01. The summed E-state index contributed by atoms with van der Waals surface area (Å²) in [6.07, 6.45) is 5.14. The minimum atomic E-state index is -0.0800. The Balaban J connectivity index is 1.77. The standard InChI is InChI=1S/C14H26N2O2/c1-11(2)18-14(17)10-16(8-12-5-6-12)9-13-4-3-7-15-13/h11-13,15H,3-10H2,1-2H3. The van der Waals surface area contributed by atoms with Gasteiger partial charge in [-0.3, -0.25) is 9.69 Å². The Hall–Kier alpha value is -0.610. The van der Waals surface area contributed by atoms with Gasteiger partial charge in [-0.15, -0.1) is 0 Å². The van der Waals surface area contributed by atoms with Gasteiger partial charge in [0, 0.05) is 19.1 Å². The van der Waals surface area contributed by atoms with Crippen LogP contribution in [-0.4, -0.2) is 49.2 Å². The molecule has 1 N–H and O–H groups in total. The molecular formula is C14H26N2O2. The van der Waals surface area contributed by atoms with Gasteiger partial charge in [0.25, 0.3) is 0 Å². The van der Waals surface area contributed by atoms with E-state index in [1.54, 1.807) is 0 Å². The van der Waals surface area contributed by atoms with Crippen molar-refractivity contribution in [3.63, 3.8) is 0 Å². The average molecular weight is 254 g/mol. The van der Waals surface area contributed by atoms with Gasteiger partial charge < -0.3 is 10.1 Å². The van der Waals surface area contributed by atoms with Crippen molar-refractivity contribution in [2.75, 3.05) is 26.2 Å². The van der Waals surface area contributed by atoms with E-state index in [0.717, 1.165) is 25.6 Å². The zero-order valence-electron chi connectivity index (χ0n) is 11.7. The van der Waals surface area contributed by atoms with Crippen LogP contribution >= 0.6 is 0 Å². The molecule has 1 saturated carbocycles. The Morgan fingerprint density at radius 3 is 2.67 bits per heavy atom. The van der Waals surface area contributed by atoms with E-state index in [2.05, 4.69) is 10.2 Å². The molecule has 2 fully saturated rings. The smallest absolute Gasteiger partial charge is 0.320 e. The molecule has 4 nitrogen and oxygen atoms in total. The fraction of sp³-hybridized carbons (Fsp3) is 0.929. The monoisotopic (exact) mass is 254 g/mol. The number of ether oxygens (including phenoxy) is 1. The maximum absolute atomic E-state index is 11.8. The lowest BCUT2D eigenvalue weighted by molar-refractivity contribution is -0.148. The van der Waals surface area contributed by atoms with Crippen LogP contribution in [0, 0.1) is 5.92 Å². The number of carbonyl (C=O) groups excluding carboxylic acids is 1. The Morgan fingerprint density at radius 2 is 2.11 bits per heavy atom. The second-order valence-electron chi connectivity index (χ2n) is 5.97. The fourth-order valence-electron chi connectivity index (χ4n) is 2.58. The van der Waals surface area contributed by atoms with E-state index in [4.69, 9.17) is 4.74 Å². The third-order valence-corrected chi connectivity index (χ3v) is 3.57.